The van der Waals surface area contributed by atoms with Gasteiger partial charge in [-0.2, -0.15) is 4.98 Å². The van der Waals surface area contributed by atoms with Crippen molar-refractivity contribution in [2.45, 2.75) is 52.5 Å². The summed E-state index contributed by atoms with van der Waals surface area (Å²) in [6, 6.07) is 2.08. The van der Waals surface area contributed by atoms with Crippen molar-refractivity contribution in [3.8, 4) is 11.5 Å². The molecule has 0 amide bonds. The number of nitrogens with one attached hydrogen (secondary N) is 2. The first kappa shape index (κ1) is 23.5. The van der Waals surface area contributed by atoms with Crippen LogP contribution in [0.5, 0.6) is 0 Å². The number of aromatic nitrogens is 6. The van der Waals surface area contributed by atoms with Crippen molar-refractivity contribution in [1.82, 2.24) is 35.0 Å². The summed E-state index contributed by atoms with van der Waals surface area (Å²) in [6.07, 6.45) is 7.70. The second-order valence-electron chi connectivity index (χ2n) is 9.89. The van der Waals surface area contributed by atoms with E-state index in [2.05, 4.69) is 42.6 Å². The van der Waals surface area contributed by atoms with Crippen LogP contribution in [0.15, 0.2) is 27.7 Å². The third-order valence-corrected chi connectivity index (χ3v) is 7.42. The molecule has 4 aromatic heterocycles. The number of piperazine rings is 1. The molecule has 0 atom stereocenters. The van der Waals surface area contributed by atoms with Crippen LogP contribution in [0.4, 0.5) is 17.5 Å². The lowest BCUT2D eigenvalue weighted by atomic mass is 10.1. The Bertz CT molecular complexity index is 1510. The average molecular weight is 502 g/mol. The van der Waals surface area contributed by atoms with Crippen LogP contribution < -0.4 is 21.1 Å². The highest BCUT2D eigenvalue weighted by atomic mass is 16.4. The summed E-state index contributed by atoms with van der Waals surface area (Å²) >= 11 is 0. The van der Waals surface area contributed by atoms with E-state index in [1.165, 1.54) is 0 Å². The molecule has 1 saturated heterocycles. The highest BCUT2D eigenvalue weighted by Gasteiger charge is 2.27. The van der Waals surface area contributed by atoms with E-state index in [9.17, 15) is 4.79 Å². The lowest BCUT2D eigenvalue weighted by Gasteiger charge is -2.30. The molecule has 1 aliphatic heterocycles. The van der Waals surface area contributed by atoms with Crippen LogP contribution in [-0.4, -0.2) is 55.9 Å². The van der Waals surface area contributed by atoms with Gasteiger partial charge in [-0.15, -0.1) is 10.2 Å². The molecular weight excluding hydrogens is 470 g/mol. The van der Waals surface area contributed by atoms with Gasteiger partial charge in [-0.05, 0) is 43.9 Å². The maximum absolute atomic E-state index is 13.8. The number of pyridine rings is 2. The predicted octanol–water partition coefficient (Wildman–Crippen LogP) is 3.43. The van der Waals surface area contributed by atoms with E-state index in [0.29, 0.717) is 28.9 Å². The van der Waals surface area contributed by atoms with Crippen LogP contribution in [0, 0.1) is 20.8 Å². The van der Waals surface area contributed by atoms with Crippen LogP contribution in [-0.2, 0) is 0 Å². The molecule has 0 radical (unpaired) electrons. The summed E-state index contributed by atoms with van der Waals surface area (Å²) in [6.45, 7) is 9.57. The van der Waals surface area contributed by atoms with Crippen molar-refractivity contribution in [2.24, 2.45) is 0 Å². The number of fused-ring (bicyclic) bond motifs is 1. The van der Waals surface area contributed by atoms with E-state index < -0.39 is 0 Å². The zero-order valence-corrected chi connectivity index (χ0v) is 21.4. The first-order chi connectivity index (χ1) is 18.0. The molecule has 11 nitrogen and oxygen atoms in total. The second kappa shape index (κ2) is 9.55. The van der Waals surface area contributed by atoms with Crippen molar-refractivity contribution in [3.05, 3.63) is 45.8 Å². The van der Waals surface area contributed by atoms with Crippen LogP contribution in [0.25, 0.3) is 22.5 Å². The van der Waals surface area contributed by atoms with Crippen LogP contribution in [0.1, 0.15) is 48.7 Å². The summed E-state index contributed by atoms with van der Waals surface area (Å²) in [5, 5.41) is 15.5. The van der Waals surface area contributed by atoms with Gasteiger partial charge in [-0.3, -0.25) is 9.36 Å². The largest absolute Gasteiger partial charge is 0.421 e. The normalized spacial score (nSPS) is 16.6. The van der Waals surface area contributed by atoms with Crippen molar-refractivity contribution >= 4 is 28.5 Å². The Balaban J connectivity index is 1.40. The second-order valence-corrected chi connectivity index (χ2v) is 9.89. The van der Waals surface area contributed by atoms with Crippen molar-refractivity contribution in [3.63, 3.8) is 0 Å². The van der Waals surface area contributed by atoms with E-state index in [1.807, 2.05) is 23.8 Å². The topological polar surface area (TPSA) is 127 Å². The zero-order chi connectivity index (χ0) is 25.5. The van der Waals surface area contributed by atoms with Gasteiger partial charge in [0.1, 0.15) is 17.0 Å². The van der Waals surface area contributed by atoms with E-state index >= 15 is 0 Å². The molecule has 2 aliphatic rings. The van der Waals surface area contributed by atoms with Gasteiger partial charge in [0, 0.05) is 50.7 Å². The van der Waals surface area contributed by atoms with Crippen LogP contribution in [0.2, 0.25) is 0 Å². The number of hydrogen-bond acceptors (Lipinski definition) is 10. The van der Waals surface area contributed by atoms with Crippen LogP contribution in [0.3, 0.4) is 0 Å². The lowest BCUT2D eigenvalue weighted by Crippen LogP contribution is -2.43. The molecule has 1 aliphatic carbocycles. The molecule has 4 aromatic rings. The SMILES string of the molecule is Cc1nnc(-c2c(C)c3cnc(Nc4cc(C)c(N5CCNCC5)cn4)nc3n(C3CCCC3)c2=O)o1. The fourth-order valence-electron chi connectivity index (χ4n) is 5.51. The van der Waals surface area contributed by atoms with Gasteiger partial charge in [0.25, 0.3) is 11.4 Å². The standard InChI is InChI=1S/C26H31N9O2/c1-15-12-21(28-14-20(15)34-10-8-27-9-11-34)30-26-29-13-19-16(2)22(24-33-32-17(3)37-24)25(36)35(23(19)31-26)18-6-4-5-7-18/h12-14,18,27H,4-11H2,1-3H3,(H,28,29,30,31). The van der Waals surface area contributed by atoms with Gasteiger partial charge >= 0.3 is 0 Å². The molecule has 11 heteroatoms. The third kappa shape index (κ3) is 4.33. The molecule has 2 fully saturated rings. The van der Waals surface area contributed by atoms with E-state index in [-0.39, 0.29) is 17.5 Å². The number of rotatable bonds is 5. The Labute approximate surface area is 214 Å². The van der Waals surface area contributed by atoms with Gasteiger partial charge in [-0.1, -0.05) is 12.8 Å². The minimum Gasteiger partial charge on any atom is -0.421 e. The van der Waals surface area contributed by atoms with Gasteiger partial charge < -0.3 is 20.0 Å². The maximum Gasteiger partial charge on any atom is 0.265 e. The lowest BCUT2D eigenvalue weighted by molar-refractivity contribution is 0.509. The molecule has 0 aromatic carbocycles. The van der Waals surface area contributed by atoms with E-state index in [4.69, 9.17) is 9.40 Å². The molecular formula is C26H31N9O2. The van der Waals surface area contributed by atoms with E-state index in [1.54, 1.807) is 13.1 Å². The maximum atomic E-state index is 13.8. The number of aryl methyl sites for hydroxylation is 3. The minimum atomic E-state index is -0.153. The van der Waals surface area contributed by atoms with Crippen molar-refractivity contribution < 1.29 is 4.42 Å². The molecule has 0 unspecified atom stereocenters. The summed E-state index contributed by atoms with van der Waals surface area (Å²) in [5.41, 5.74) is 3.89. The number of hydrogen-bond donors (Lipinski definition) is 2. The smallest absolute Gasteiger partial charge is 0.265 e. The van der Waals surface area contributed by atoms with E-state index in [0.717, 1.165) is 74.1 Å². The van der Waals surface area contributed by atoms with Gasteiger partial charge in [0.2, 0.25) is 11.8 Å². The van der Waals surface area contributed by atoms with Gasteiger partial charge in [-0.25, -0.2) is 9.97 Å². The minimum absolute atomic E-state index is 0.0693. The van der Waals surface area contributed by atoms with Crippen LogP contribution >= 0.6 is 0 Å². The van der Waals surface area contributed by atoms with Crippen molar-refractivity contribution in [2.75, 3.05) is 36.4 Å². The summed E-state index contributed by atoms with van der Waals surface area (Å²) in [7, 11) is 0. The van der Waals surface area contributed by atoms with Gasteiger partial charge in [0.15, 0.2) is 0 Å². The Kier molecular flexibility index (Phi) is 6.07. The zero-order valence-electron chi connectivity index (χ0n) is 21.4. The summed E-state index contributed by atoms with van der Waals surface area (Å²) in [5.74, 6) is 1.73. The molecule has 0 spiro atoms. The Hall–Kier alpha value is -3.86. The molecule has 37 heavy (non-hydrogen) atoms. The quantitative estimate of drug-likeness (QED) is 0.420. The molecule has 5 heterocycles. The first-order valence-corrected chi connectivity index (χ1v) is 12.9. The monoisotopic (exact) mass is 501 g/mol. The van der Waals surface area contributed by atoms with Crippen molar-refractivity contribution in [1.29, 1.82) is 0 Å². The Morgan fingerprint density at radius 3 is 2.54 bits per heavy atom. The number of anilines is 3. The summed E-state index contributed by atoms with van der Waals surface area (Å²) < 4.78 is 7.47. The molecule has 6 rings (SSSR count). The molecule has 2 N–H and O–H groups in total. The van der Waals surface area contributed by atoms with Gasteiger partial charge in [0.05, 0.1) is 11.9 Å². The Morgan fingerprint density at radius 1 is 1.05 bits per heavy atom. The highest BCUT2D eigenvalue weighted by Crippen LogP contribution is 2.34. The fourth-order valence-corrected chi connectivity index (χ4v) is 5.51. The highest BCUT2D eigenvalue weighted by molar-refractivity contribution is 5.85. The molecule has 192 valence electrons. The molecule has 1 saturated carbocycles. The third-order valence-electron chi connectivity index (χ3n) is 7.42. The molecule has 0 bridgehead atoms. The average Bonchev–Trinajstić information content (AvgIpc) is 3.57. The fraction of sp³-hybridized carbons (Fsp3) is 0.462. The predicted molar refractivity (Wildman–Crippen MR) is 141 cm³/mol. The first-order valence-electron chi connectivity index (χ1n) is 12.9. The Morgan fingerprint density at radius 2 is 1.84 bits per heavy atom. The summed E-state index contributed by atoms with van der Waals surface area (Å²) in [4.78, 5) is 30.2. The number of nitrogens with zero attached hydrogens (tertiary/aromatic N) is 7.